The highest BCUT2D eigenvalue weighted by molar-refractivity contribution is 5.72. The molecule has 2 atom stereocenters. The lowest BCUT2D eigenvalue weighted by atomic mass is 10.1. The van der Waals surface area contributed by atoms with Gasteiger partial charge >= 0.3 is 17.9 Å². The van der Waals surface area contributed by atoms with Crippen LogP contribution in [0.1, 0.15) is 123 Å². The summed E-state index contributed by atoms with van der Waals surface area (Å²) in [4.78, 5) is 36.8. The highest BCUT2D eigenvalue weighted by Crippen LogP contribution is 2.12. The first kappa shape index (κ1) is 46.8. The molecule has 0 aliphatic rings. The van der Waals surface area contributed by atoms with Crippen molar-refractivity contribution in [3.8, 4) is 0 Å². The summed E-state index contributed by atoms with van der Waals surface area (Å²) >= 11 is 0. The number of esters is 2. The number of hydrogen-bond acceptors (Lipinski definition) is 6. The molecule has 0 spiro atoms. The van der Waals surface area contributed by atoms with E-state index in [-0.39, 0.29) is 36.2 Å². The molecular weight excluding hydrogens is 630 g/mol. The van der Waals surface area contributed by atoms with Crippen molar-refractivity contribution in [3.63, 3.8) is 0 Å². The van der Waals surface area contributed by atoms with E-state index < -0.39 is 18.1 Å². The first-order valence-corrected chi connectivity index (χ1v) is 19.0. The normalized spacial score (nSPS) is 13.9. The second-order valence-corrected chi connectivity index (χ2v) is 13.6. The minimum atomic E-state index is -0.888. The van der Waals surface area contributed by atoms with Crippen molar-refractivity contribution in [2.24, 2.45) is 0 Å². The van der Waals surface area contributed by atoms with Gasteiger partial charge in [-0.05, 0) is 51.4 Å². The number of carbonyl (C=O) groups is 3. The van der Waals surface area contributed by atoms with Gasteiger partial charge in [0, 0.05) is 19.3 Å². The van der Waals surface area contributed by atoms with Crippen molar-refractivity contribution < 1.29 is 38.2 Å². The molecule has 0 bridgehead atoms. The van der Waals surface area contributed by atoms with Crippen LogP contribution in [-0.4, -0.2) is 80.6 Å². The van der Waals surface area contributed by atoms with E-state index in [1.807, 2.05) is 51.5 Å². The molecule has 0 aromatic carbocycles. The van der Waals surface area contributed by atoms with E-state index in [4.69, 9.17) is 14.2 Å². The molecule has 50 heavy (non-hydrogen) atoms. The Morgan fingerprint density at radius 2 is 1.12 bits per heavy atom. The van der Waals surface area contributed by atoms with Crippen LogP contribution in [0.4, 0.5) is 0 Å². The molecule has 0 aliphatic carbocycles. The number of hydrogen-bond donors (Lipinski definition) is 1. The fourth-order valence-corrected chi connectivity index (χ4v) is 4.96. The van der Waals surface area contributed by atoms with Crippen LogP contribution in [0.25, 0.3) is 0 Å². The van der Waals surface area contributed by atoms with Crippen molar-refractivity contribution in [1.29, 1.82) is 0 Å². The fourth-order valence-electron chi connectivity index (χ4n) is 4.96. The van der Waals surface area contributed by atoms with Crippen LogP contribution in [0, 0.1) is 0 Å². The number of allylic oxidation sites excluding steroid dienone is 12. The van der Waals surface area contributed by atoms with Crippen molar-refractivity contribution in [1.82, 2.24) is 0 Å². The molecule has 1 N–H and O–H groups in total. The zero-order valence-electron chi connectivity index (χ0n) is 32.1. The highest BCUT2D eigenvalue weighted by atomic mass is 16.6. The zero-order chi connectivity index (χ0) is 37.1. The second kappa shape index (κ2) is 32.9. The van der Waals surface area contributed by atoms with Gasteiger partial charge in [0.15, 0.2) is 12.1 Å². The predicted octanol–water partition coefficient (Wildman–Crippen LogP) is 9.63. The van der Waals surface area contributed by atoms with E-state index in [1.54, 1.807) is 0 Å². The number of likely N-dealkylation sites (N-methyl/N-ethyl adjacent to an activating group) is 1. The predicted molar refractivity (Wildman–Crippen MR) is 206 cm³/mol. The highest BCUT2D eigenvalue weighted by Gasteiger charge is 2.31. The number of carboxylic acids is 1. The molecule has 284 valence electrons. The molecule has 0 amide bonds. The summed E-state index contributed by atoms with van der Waals surface area (Å²) < 4.78 is 17.1. The maximum Gasteiger partial charge on any atom is 0.362 e. The summed E-state index contributed by atoms with van der Waals surface area (Å²) in [5.41, 5.74) is 0. The van der Waals surface area contributed by atoms with Gasteiger partial charge in [-0.25, -0.2) is 4.79 Å². The number of carbonyl (C=O) groups excluding carboxylic acids is 2. The molecule has 0 aliphatic heterocycles. The number of carboxylic acid groups (broad SMARTS) is 1. The van der Waals surface area contributed by atoms with Gasteiger partial charge in [0.05, 0.1) is 34.4 Å². The van der Waals surface area contributed by atoms with Gasteiger partial charge in [-0.3, -0.25) is 9.59 Å². The Hall–Kier alpha value is -3.23. The van der Waals surface area contributed by atoms with Crippen molar-refractivity contribution in [2.75, 3.05) is 41.0 Å². The number of unbranched alkanes of at least 4 members (excludes halogenated alkanes) is 10. The number of quaternary nitrogens is 1. The average Bonchev–Trinajstić information content (AvgIpc) is 3.06. The van der Waals surface area contributed by atoms with E-state index in [2.05, 4.69) is 56.4 Å². The Kier molecular flexibility index (Phi) is 30.8. The van der Waals surface area contributed by atoms with Crippen LogP contribution in [0.2, 0.25) is 0 Å². The lowest BCUT2D eigenvalue weighted by Gasteiger charge is -2.31. The molecule has 0 aromatic rings. The van der Waals surface area contributed by atoms with Crippen molar-refractivity contribution in [2.45, 2.75) is 135 Å². The van der Waals surface area contributed by atoms with Crippen molar-refractivity contribution >= 4 is 17.9 Å². The molecule has 8 nitrogen and oxygen atoms in total. The third-order valence-electron chi connectivity index (χ3n) is 7.96. The minimum absolute atomic E-state index is 0.0383. The molecular formula is C42H70NO7+. The van der Waals surface area contributed by atoms with Gasteiger partial charge in [0.25, 0.3) is 0 Å². The van der Waals surface area contributed by atoms with Gasteiger partial charge in [-0.15, -0.1) is 0 Å². The summed E-state index contributed by atoms with van der Waals surface area (Å²) in [6.45, 7) is 4.45. The van der Waals surface area contributed by atoms with Crippen molar-refractivity contribution in [3.05, 3.63) is 72.9 Å². The van der Waals surface area contributed by atoms with Crippen LogP contribution in [0.15, 0.2) is 72.9 Å². The summed E-state index contributed by atoms with van der Waals surface area (Å²) in [7, 11) is 5.49. The molecule has 0 heterocycles. The molecule has 0 radical (unpaired) electrons. The Morgan fingerprint density at radius 1 is 0.620 bits per heavy atom. The SMILES string of the molecule is CC/C=C/C=C/C=C/C=C/CCCCCCCC(=O)OC(COCCC(C(=O)O)[N+](C)(C)C)COC(=O)CCCCC/C=C/C=C/CCCC. The van der Waals surface area contributed by atoms with Gasteiger partial charge < -0.3 is 23.8 Å². The fraction of sp³-hybridized carbons (Fsp3) is 0.643. The third-order valence-corrected chi connectivity index (χ3v) is 7.96. The van der Waals surface area contributed by atoms with Gasteiger partial charge in [0.1, 0.15) is 6.61 Å². The summed E-state index contributed by atoms with van der Waals surface area (Å²) in [5, 5.41) is 9.58. The van der Waals surface area contributed by atoms with Gasteiger partial charge in [-0.2, -0.15) is 0 Å². The zero-order valence-corrected chi connectivity index (χ0v) is 32.1. The van der Waals surface area contributed by atoms with Crippen LogP contribution in [0.5, 0.6) is 0 Å². The molecule has 0 saturated heterocycles. The Bertz CT molecular complexity index is 1050. The second-order valence-electron chi connectivity index (χ2n) is 13.6. The van der Waals surface area contributed by atoms with E-state index in [1.165, 1.54) is 12.8 Å². The van der Waals surface area contributed by atoms with E-state index >= 15 is 0 Å². The first-order chi connectivity index (χ1) is 24.1. The number of nitrogens with zero attached hydrogens (tertiary/aromatic N) is 1. The molecule has 8 heteroatoms. The Balaban J connectivity index is 4.53. The van der Waals surface area contributed by atoms with E-state index in [0.29, 0.717) is 19.3 Å². The average molecular weight is 701 g/mol. The lowest BCUT2D eigenvalue weighted by molar-refractivity contribution is -0.887. The van der Waals surface area contributed by atoms with Crippen LogP contribution in [-0.2, 0) is 28.6 Å². The quantitative estimate of drug-likeness (QED) is 0.0323. The van der Waals surface area contributed by atoms with Crippen LogP contribution >= 0.6 is 0 Å². The topological polar surface area (TPSA) is 99.1 Å². The minimum Gasteiger partial charge on any atom is -0.477 e. The summed E-state index contributed by atoms with van der Waals surface area (Å²) in [5.74, 6) is -1.55. The summed E-state index contributed by atoms with van der Waals surface area (Å²) in [6, 6.07) is -0.625. The third kappa shape index (κ3) is 30.8. The number of aliphatic carboxylic acids is 1. The monoisotopic (exact) mass is 701 g/mol. The Labute approximate surface area is 304 Å². The van der Waals surface area contributed by atoms with Gasteiger partial charge in [-0.1, -0.05) is 125 Å². The van der Waals surface area contributed by atoms with E-state index in [9.17, 15) is 19.5 Å². The molecule has 0 saturated carbocycles. The number of ether oxygens (including phenoxy) is 3. The first-order valence-electron chi connectivity index (χ1n) is 19.0. The molecule has 0 rings (SSSR count). The molecule has 2 unspecified atom stereocenters. The summed E-state index contributed by atoms with van der Waals surface area (Å²) in [6.07, 6.45) is 39.4. The van der Waals surface area contributed by atoms with Gasteiger partial charge in [0.2, 0.25) is 0 Å². The maximum absolute atomic E-state index is 12.6. The van der Waals surface area contributed by atoms with Crippen LogP contribution < -0.4 is 0 Å². The molecule has 0 aromatic heterocycles. The standard InChI is InChI=1S/C42H69NO7/c1-6-8-10-12-14-16-18-19-20-21-23-25-27-29-31-33-41(45)50-38(36-48-35-34-39(42(46)47)43(3,4)5)37-49-40(44)32-30-28-26-24-22-17-15-13-11-9-7-2/h8,10,12-20,22,38-39H,6-7,9,11,21,23-37H2,1-5H3/p+1/b10-8+,14-12+,15-13+,18-16+,20-19+,22-17+. The lowest BCUT2D eigenvalue weighted by Crippen LogP contribution is -2.50. The van der Waals surface area contributed by atoms with Crippen LogP contribution in [0.3, 0.4) is 0 Å². The smallest absolute Gasteiger partial charge is 0.362 e. The maximum atomic E-state index is 12.6. The largest absolute Gasteiger partial charge is 0.477 e. The molecule has 0 fully saturated rings. The number of rotatable bonds is 32. The Morgan fingerprint density at radius 3 is 1.70 bits per heavy atom. The van der Waals surface area contributed by atoms with E-state index in [0.717, 1.165) is 77.0 Å².